The number of anilines is 2. The summed E-state index contributed by atoms with van der Waals surface area (Å²) in [6.45, 7) is 1.90. The van der Waals surface area contributed by atoms with Crippen molar-refractivity contribution in [3.8, 4) is 0 Å². The number of nitrogen functional groups attached to an aromatic ring is 1. The van der Waals surface area contributed by atoms with Crippen LogP contribution in [-0.4, -0.2) is 15.5 Å². The number of nitrogens with two attached hydrogens (primary N) is 1. The molecular weight excluding hydrogens is 236 g/mol. The topological polar surface area (TPSA) is 63.8 Å². The minimum atomic E-state index is 0.294. The van der Waals surface area contributed by atoms with Gasteiger partial charge < -0.3 is 11.1 Å². The van der Waals surface area contributed by atoms with Crippen LogP contribution >= 0.6 is 0 Å². The second-order valence-corrected chi connectivity index (χ2v) is 7.05. The van der Waals surface area contributed by atoms with Crippen molar-refractivity contribution < 1.29 is 0 Å². The number of hydrogen-bond donors (Lipinski definition) is 2. The summed E-state index contributed by atoms with van der Waals surface area (Å²) in [5, 5.41) is 3.74. The number of hydrogen-bond acceptors (Lipinski definition) is 4. The van der Waals surface area contributed by atoms with Gasteiger partial charge in [0, 0.05) is 11.6 Å². The fourth-order valence-corrected chi connectivity index (χ4v) is 5.19. The van der Waals surface area contributed by atoms with Crippen molar-refractivity contribution in [3.05, 3.63) is 11.9 Å². The quantitative estimate of drug-likeness (QED) is 0.856. The summed E-state index contributed by atoms with van der Waals surface area (Å²) in [5.41, 5.74) is 6.13. The highest BCUT2D eigenvalue weighted by Crippen LogP contribution is 2.56. The van der Waals surface area contributed by atoms with E-state index in [-0.39, 0.29) is 0 Å². The molecule has 4 saturated carbocycles. The standard InChI is InChI=1S/C15H22N4/c1-9-17-13(16)5-14(18-9)19-15-6-10-2-11(7-15)4-12(3-10)8-15/h5,10-12H,2-4,6-8H2,1H3,(H3,16,17,18,19). The Labute approximate surface area is 114 Å². The van der Waals surface area contributed by atoms with Gasteiger partial charge in [0.25, 0.3) is 0 Å². The number of rotatable bonds is 2. The van der Waals surface area contributed by atoms with Gasteiger partial charge >= 0.3 is 0 Å². The zero-order valence-corrected chi connectivity index (χ0v) is 11.5. The first kappa shape index (κ1) is 11.5. The lowest BCUT2D eigenvalue weighted by Crippen LogP contribution is -2.54. The Morgan fingerprint density at radius 1 is 1.11 bits per heavy atom. The van der Waals surface area contributed by atoms with Crippen molar-refractivity contribution >= 4 is 11.6 Å². The van der Waals surface area contributed by atoms with Gasteiger partial charge in [-0.05, 0) is 63.2 Å². The third-order valence-electron chi connectivity index (χ3n) is 5.29. The third-order valence-corrected chi connectivity index (χ3v) is 5.29. The van der Waals surface area contributed by atoms with Gasteiger partial charge in [0.2, 0.25) is 0 Å². The van der Waals surface area contributed by atoms with Gasteiger partial charge in [-0.3, -0.25) is 0 Å². The molecule has 19 heavy (non-hydrogen) atoms. The van der Waals surface area contributed by atoms with Crippen LogP contribution in [0.5, 0.6) is 0 Å². The molecule has 102 valence electrons. The van der Waals surface area contributed by atoms with Crippen LogP contribution < -0.4 is 11.1 Å². The Morgan fingerprint density at radius 2 is 1.68 bits per heavy atom. The molecule has 1 aromatic heterocycles. The highest BCUT2D eigenvalue weighted by molar-refractivity contribution is 5.47. The number of aromatic nitrogens is 2. The van der Waals surface area contributed by atoms with Gasteiger partial charge in [0.15, 0.2) is 0 Å². The number of aryl methyl sites for hydroxylation is 1. The van der Waals surface area contributed by atoms with Crippen LogP contribution in [0.3, 0.4) is 0 Å². The van der Waals surface area contributed by atoms with Crippen molar-refractivity contribution in [1.82, 2.24) is 9.97 Å². The summed E-state index contributed by atoms with van der Waals surface area (Å²) in [6, 6.07) is 1.88. The second-order valence-electron chi connectivity index (χ2n) is 7.05. The molecule has 1 heterocycles. The van der Waals surface area contributed by atoms with E-state index in [1.165, 1.54) is 38.5 Å². The summed E-state index contributed by atoms with van der Waals surface area (Å²) < 4.78 is 0. The van der Waals surface area contributed by atoms with Crippen LogP contribution in [0, 0.1) is 24.7 Å². The van der Waals surface area contributed by atoms with Crippen LogP contribution in [-0.2, 0) is 0 Å². The summed E-state index contributed by atoms with van der Waals surface area (Å²) in [7, 11) is 0. The van der Waals surface area contributed by atoms with Crippen LogP contribution in [0.4, 0.5) is 11.6 Å². The molecule has 0 atom stereocenters. The van der Waals surface area contributed by atoms with Crippen molar-refractivity contribution in [2.24, 2.45) is 17.8 Å². The third kappa shape index (κ3) is 1.97. The first-order valence-electron chi connectivity index (χ1n) is 7.50. The maximum Gasteiger partial charge on any atom is 0.132 e. The van der Waals surface area contributed by atoms with E-state index >= 15 is 0 Å². The fourth-order valence-electron chi connectivity index (χ4n) is 5.19. The van der Waals surface area contributed by atoms with Gasteiger partial charge in [-0.1, -0.05) is 0 Å². The first-order chi connectivity index (χ1) is 9.10. The Morgan fingerprint density at radius 3 is 2.21 bits per heavy atom. The molecule has 3 N–H and O–H groups in total. The molecule has 0 amide bonds. The van der Waals surface area contributed by atoms with E-state index in [1.807, 2.05) is 13.0 Å². The zero-order chi connectivity index (χ0) is 13.0. The van der Waals surface area contributed by atoms with E-state index < -0.39 is 0 Å². The minimum absolute atomic E-state index is 0.294. The van der Waals surface area contributed by atoms with Crippen molar-refractivity contribution in [2.45, 2.75) is 51.0 Å². The van der Waals surface area contributed by atoms with Crippen molar-refractivity contribution in [1.29, 1.82) is 0 Å². The molecule has 4 bridgehead atoms. The molecule has 0 radical (unpaired) electrons. The molecule has 4 nitrogen and oxygen atoms in total. The average Bonchev–Trinajstić information content (AvgIpc) is 2.23. The van der Waals surface area contributed by atoms with E-state index in [2.05, 4.69) is 15.3 Å². The maximum atomic E-state index is 5.84. The molecule has 0 unspecified atom stereocenters. The minimum Gasteiger partial charge on any atom is -0.384 e. The smallest absolute Gasteiger partial charge is 0.132 e. The Bertz CT molecular complexity index is 455. The molecule has 4 aliphatic rings. The predicted molar refractivity (Wildman–Crippen MR) is 75.7 cm³/mol. The molecule has 5 rings (SSSR count). The normalized spacial score (nSPS) is 39.5. The molecule has 4 fully saturated rings. The predicted octanol–water partition coefficient (Wildman–Crippen LogP) is 2.75. The van der Waals surface area contributed by atoms with Gasteiger partial charge in [-0.2, -0.15) is 0 Å². The van der Waals surface area contributed by atoms with Crippen LogP contribution in [0.2, 0.25) is 0 Å². The van der Waals surface area contributed by atoms with Crippen LogP contribution in [0.25, 0.3) is 0 Å². The zero-order valence-electron chi connectivity index (χ0n) is 11.5. The van der Waals surface area contributed by atoms with Gasteiger partial charge in [-0.15, -0.1) is 0 Å². The van der Waals surface area contributed by atoms with Crippen LogP contribution in [0.1, 0.15) is 44.3 Å². The Hall–Kier alpha value is -1.32. The maximum absolute atomic E-state index is 5.84. The molecule has 4 aliphatic carbocycles. The fraction of sp³-hybridized carbons (Fsp3) is 0.733. The lowest BCUT2D eigenvalue weighted by molar-refractivity contribution is 0.0105. The van der Waals surface area contributed by atoms with Crippen molar-refractivity contribution in [3.63, 3.8) is 0 Å². The molecule has 0 aromatic carbocycles. The molecule has 0 saturated heterocycles. The molecular formula is C15H22N4. The first-order valence-corrected chi connectivity index (χ1v) is 7.50. The summed E-state index contributed by atoms with van der Waals surface area (Å²) in [6.07, 6.45) is 8.36. The molecule has 4 heteroatoms. The number of nitrogens with one attached hydrogen (secondary N) is 1. The Balaban J connectivity index is 1.62. The molecule has 0 aliphatic heterocycles. The monoisotopic (exact) mass is 258 g/mol. The van der Waals surface area contributed by atoms with E-state index in [9.17, 15) is 0 Å². The van der Waals surface area contributed by atoms with Crippen LogP contribution in [0.15, 0.2) is 6.07 Å². The van der Waals surface area contributed by atoms with E-state index in [0.717, 1.165) is 29.4 Å². The van der Waals surface area contributed by atoms with Crippen molar-refractivity contribution in [2.75, 3.05) is 11.1 Å². The van der Waals surface area contributed by atoms with E-state index in [4.69, 9.17) is 5.73 Å². The van der Waals surface area contributed by atoms with Gasteiger partial charge in [0.1, 0.15) is 17.5 Å². The summed E-state index contributed by atoms with van der Waals surface area (Å²) in [4.78, 5) is 8.66. The molecule has 0 spiro atoms. The highest BCUT2D eigenvalue weighted by atomic mass is 15.1. The Kier molecular flexibility index (Phi) is 2.32. The lowest BCUT2D eigenvalue weighted by Gasteiger charge is -2.57. The van der Waals surface area contributed by atoms with Gasteiger partial charge in [-0.25, -0.2) is 9.97 Å². The summed E-state index contributed by atoms with van der Waals surface area (Å²) in [5.74, 6) is 5.08. The SMILES string of the molecule is Cc1nc(N)cc(NC23CC4CC(CC(C4)C2)C3)n1. The lowest BCUT2D eigenvalue weighted by atomic mass is 9.53. The van der Waals surface area contributed by atoms with Gasteiger partial charge in [0.05, 0.1) is 0 Å². The number of nitrogens with zero attached hydrogens (tertiary/aromatic N) is 2. The largest absolute Gasteiger partial charge is 0.384 e. The highest BCUT2D eigenvalue weighted by Gasteiger charge is 2.51. The van der Waals surface area contributed by atoms with E-state index in [1.54, 1.807) is 0 Å². The summed E-state index contributed by atoms with van der Waals surface area (Å²) >= 11 is 0. The average molecular weight is 258 g/mol. The second kappa shape index (κ2) is 3.84. The molecule has 1 aromatic rings. The van der Waals surface area contributed by atoms with E-state index in [0.29, 0.717) is 11.4 Å².